The molecule has 0 unspecified atom stereocenters. The van der Waals surface area contributed by atoms with Crippen molar-refractivity contribution in [1.29, 1.82) is 0 Å². The molecule has 2 aromatic carbocycles. The van der Waals surface area contributed by atoms with Crippen LogP contribution >= 0.6 is 0 Å². The number of ether oxygens (including phenoxy) is 4. The second-order valence-corrected chi connectivity index (χ2v) is 10.4. The summed E-state index contributed by atoms with van der Waals surface area (Å²) in [7, 11) is 6.26. The molecule has 0 radical (unpaired) electrons. The summed E-state index contributed by atoms with van der Waals surface area (Å²) < 4.78 is 23.5. The summed E-state index contributed by atoms with van der Waals surface area (Å²) in [5.41, 5.74) is 1.94. The highest BCUT2D eigenvalue weighted by Gasteiger charge is 2.31. The van der Waals surface area contributed by atoms with Crippen LogP contribution in [0.4, 0.5) is 0 Å². The maximum Gasteiger partial charge on any atom is 0.258 e. The molecule has 0 aliphatic carbocycles. The minimum Gasteiger partial charge on any atom is -0.497 e. The fourth-order valence-corrected chi connectivity index (χ4v) is 4.42. The van der Waals surface area contributed by atoms with Gasteiger partial charge >= 0.3 is 0 Å². The predicted molar refractivity (Wildman–Crippen MR) is 154 cm³/mol. The third-order valence-corrected chi connectivity index (χ3v) is 6.66. The number of rotatable bonds is 13. The Morgan fingerprint density at radius 2 is 1.60 bits per heavy atom. The van der Waals surface area contributed by atoms with E-state index in [4.69, 9.17) is 18.9 Å². The molecule has 40 heavy (non-hydrogen) atoms. The zero-order chi connectivity index (χ0) is 29.3. The summed E-state index contributed by atoms with van der Waals surface area (Å²) >= 11 is 0. The van der Waals surface area contributed by atoms with Crippen LogP contribution in [0.1, 0.15) is 42.4 Å². The number of nitrogens with zero attached hydrogens (tertiary/aromatic N) is 3. The highest BCUT2D eigenvalue weighted by atomic mass is 16.5. The molecule has 0 spiro atoms. The van der Waals surface area contributed by atoms with Crippen molar-refractivity contribution in [1.82, 2.24) is 14.4 Å². The number of hydrogen-bond donors (Lipinski definition) is 0. The van der Waals surface area contributed by atoms with Crippen LogP contribution in [0.15, 0.2) is 60.8 Å². The van der Waals surface area contributed by atoms with Crippen LogP contribution in [0.3, 0.4) is 0 Å². The van der Waals surface area contributed by atoms with E-state index in [1.165, 1.54) is 12.0 Å². The number of carbonyl (C=O) groups is 2. The first-order valence-corrected chi connectivity index (χ1v) is 13.2. The Morgan fingerprint density at radius 3 is 2.25 bits per heavy atom. The molecule has 0 saturated heterocycles. The average Bonchev–Trinajstić information content (AvgIpc) is 3.38. The number of methoxy groups -OCH3 is 4. The zero-order valence-corrected chi connectivity index (χ0v) is 24.6. The van der Waals surface area contributed by atoms with Gasteiger partial charge < -0.3 is 33.3 Å². The largest absolute Gasteiger partial charge is 0.497 e. The van der Waals surface area contributed by atoms with E-state index in [1.807, 2.05) is 68.3 Å². The Labute approximate surface area is 237 Å². The number of amides is 2. The first-order valence-electron chi connectivity index (χ1n) is 13.2. The van der Waals surface area contributed by atoms with Gasteiger partial charge in [0.15, 0.2) is 0 Å². The molecule has 1 aromatic heterocycles. The van der Waals surface area contributed by atoms with Gasteiger partial charge in [-0.1, -0.05) is 12.1 Å². The molecule has 216 valence electrons. The summed E-state index contributed by atoms with van der Waals surface area (Å²) in [6, 6.07) is 16.9. The summed E-state index contributed by atoms with van der Waals surface area (Å²) in [4.78, 5) is 30.8. The smallest absolute Gasteiger partial charge is 0.258 e. The maximum absolute atomic E-state index is 13.8. The van der Waals surface area contributed by atoms with E-state index in [0.717, 1.165) is 17.0 Å². The lowest BCUT2D eigenvalue weighted by Crippen LogP contribution is -2.50. The lowest BCUT2D eigenvalue weighted by Gasteiger charge is -2.37. The van der Waals surface area contributed by atoms with Gasteiger partial charge in [-0.2, -0.15) is 0 Å². The summed E-state index contributed by atoms with van der Waals surface area (Å²) in [6.07, 6.45) is 2.00. The maximum atomic E-state index is 13.8. The molecular formula is C31H41N3O6. The van der Waals surface area contributed by atoms with Crippen LogP contribution in [-0.4, -0.2) is 79.9 Å². The molecule has 0 bridgehead atoms. The summed E-state index contributed by atoms with van der Waals surface area (Å²) in [5.74, 6) is 1.26. The average molecular weight is 552 g/mol. The predicted octanol–water partition coefficient (Wildman–Crippen LogP) is 4.48. The molecule has 0 fully saturated rings. The molecule has 3 aromatic rings. The lowest BCUT2D eigenvalue weighted by atomic mass is 10.0. The molecule has 0 atom stereocenters. The first-order chi connectivity index (χ1) is 19.1. The molecule has 2 amide bonds. The van der Waals surface area contributed by atoms with E-state index in [0.29, 0.717) is 30.2 Å². The van der Waals surface area contributed by atoms with Crippen molar-refractivity contribution in [2.45, 2.75) is 39.4 Å². The minimum atomic E-state index is -0.490. The summed E-state index contributed by atoms with van der Waals surface area (Å²) in [5, 5.41) is 0. The quantitative estimate of drug-likeness (QED) is 0.312. The Kier molecular flexibility index (Phi) is 10.6. The molecule has 9 heteroatoms. The highest BCUT2D eigenvalue weighted by Crippen LogP contribution is 2.26. The zero-order valence-electron chi connectivity index (χ0n) is 24.6. The van der Waals surface area contributed by atoms with Crippen molar-refractivity contribution in [2.24, 2.45) is 0 Å². The third kappa shape index (κ3) is 7.79. The van der Waals surface area contributed by atoms with E-state index < -0.39 is 5.54 Å². The number of aromatic nitrogens is 1. The molecule has 3 rings (SSSR count). The number of hydrogen-bond acceptors (Lipinski definition) is 6. The normalized spacial score (nSPS) is 11.2. The Balaban J connectivity index is 1.84. The summed E-state index contributed by atoms with van der Waals surface area (Å²) in [6.45, 7) is 7.44. The molecule has 0 saturated carbocycles. The van der Waals surface area contributed by atoms with Crippen molar-refractivity contribution < 1.29 is 28.5 Å². The number of benzene rings is 2. The SMILES string of the molecule is COCCN(CC(=O)N(Cc1cccn1Cc1cccc(OC)c1)C(C)(C)C)C(=O)c1ccc(OC)cc1OC. The van der Waals surface area contributed by atoms with Crippen molar-refractivity contribution in [3.8, 4) is 17.2 Å². The minimum absolute atomic E-state index is 0.106. The van der Waals surface area contributed by atoms with Crippen molar-refractivity contribution >= 4 is 11.8 Å². The van der Waals surface area contributed by atoms with Crippen molar-refractivity contribution in [3.63, 3.8) is 0 Å². The van der Waals surface area contributed by atoms with Crippen LogP contribution in [0, 0.1) is 0 Å². The van der Waals surface area contributed by atoms with Gasteiger partial charge in [0.05, 0.1) is 40.0 Å². The second kappa shape index (κ2) is 13.9. The van der Waals surface area contributed by atoms with Gasteiger partial charge in [-0.3, -0.25) is 9.59 Å². The Morgan fingerprint density at radius 1 is 0.875 bits per heavy atom. The van der Waals surface area contributed by atoms with E-state index in [9.17, 15) is 9.59 Å². The van der Waals surface area contributed by atoms with Crippen LogP contribution < -0.4 is 14.2 Å². The molecule has 0 aliphatic rings. The molecular weight excluding hydrogens is 510 g/mol. The van der Waals surface area contributed by atoms with Gasteiger partial charge in [-0.05, 0) is 62.7 Å². The Bertz CT molecular complexity index is 1280. The standard InChI is InChI=1S/C31H41N3O6/c1-31(2,3)34(21-24-11-9-15-32(24)20-23-10-8-12-25(18-23)38-5)29(35)22-33(16-17-37-4)30(36)27-14-13-26(39-6)19-28(27)40-7/h8-15,18-19H,16-17,20-22H2,1-7H3. The van der Waals surface area contributed by atoms with Gasteiger partial charge in [0.2, 0.25) is 5.91 Å². The van der Waals surface area contributed by atoms with E-state index in [-0.39, 0.29) is 31.5 Å². The van der Waals surface area contributed by atoms with E-state index in [1.54, 1.807) is 39.5 Å². The third-order valence-electron chi connectivity index (χ3n) is 6.66. The van der Waals surface area contributed by atoms with E-state index >= 15 is 0 Å². The fourth-order valence-electron chi connectivity index (χ4n) is 4.42. The molecule has 0 aliphatic heterocycles. The van der Waals surface area contributed by atoms with Crippen molar-refractivity contribution in [2.75, 3.05) is 48.1 Å². The van der Waals surface area contributed by atoms with Gasteiger partial charge in [-0.25, -0.2) is 0 Å². The highest BCUT2D eigenvalue weighted by molar-refractivity contribution is 5.99. The van der Waals surface area contributed by atoms with Crippen molar-refractivity contribution in [3.05, 3.63) is 77.6 Å². The van der Waals surface area contributed by atoms with Gasteiger partial charge in [0, 0.05) is 43.7 Å². The lowest BCUT2D eigenvalue weighted by molar-refractivity contribution is -0.137. The Hall–Kier alpha value is -3.98. The van der Waals surface area contributed by atoms with Crippen LogP contribution in [-0.2, 0) is 22.6 Å². The number of carbonyl (C=O) groups excluding carboxylic acids is 2. The van der Waals surface area contributed by atoms with Crippen LogP contribution in [0.2, 0.25) is 0 Å². The van der Waals surface area contributed by atoms with Gasteiger partial charge in [-0.15, -0.1) is 0 Å². The second-order valence-electron chi connectivity index (χ2n) is 10.4. The van der Waals surface area contributed by atoms with Gasteiger partial charge in [0.25, 0.3) is 5.91 Å². The van der Waals surface area contributed by atoms with Crippen LogP contribution in [0.25, 0.3) is 0 Å². The fraction of sp³-hybridized carbons (Fsp3) is 0.419. The van der Waals surface area contributed by atoms with Gasteiger partial charge in [0.1, 0.15) is 23.8 Å². The van der Waals surface area contributed by atoms with Crippen LogP contribution in [0.5, 0.6) is 17.2 Å². The first kappa shape index (κ1) is 30.6. The monoisotopic (exact) mass is 551 g/mol. The topological polar surface area (TPSA) is 82.5 Å². The molecule has 1 heterocycles. The van der Waals surface area contributed by atoms with E-state index in [2.05, 4.69) is 4.57 Å². The molecule has 0 N–H and O–H groups in total. The molecule has 9 nitrogen and oxygen atoms in total.